The highest BCUT2D eigenvalue weighted by Gasteiger charge is 2.36. The maximum atomic E-state index is 12.5. The van der Waals surface area contributed by atoms with Crippen molar-refractivity contribution in [1.29, 1.82) is 0 Å². The van der Waals surface area contributed by atoms with Gasteiger partial charge in [0.2, 0.25) is 11.8 Å². The Morgan fingerprint density at radius 2 is 1.84 bits per heavy atom. The van der Waals surface area contributed by atoms with Crippen molar-refractivity contribution >= 4 is 40.7 Å². The molecule has 0 radical (unpaired) electrons. The number of rotatable bonds is 4. The molecule has 2 aromatic carbocycles. The van der Waals surface area contributed by atoms with Gasteiger partial charge in [0.1, 0.15) is 0 Å². The Labute approximate surface area is 156 Å². The zero-order valence-corrected chi connectivity index (χ0v) is 15.3. The summed E-state index contributed by atoms with van der Waals surface area (Å²) in [7, 11) is 0. The molecule has 1 heterocycles. The maximum absolute atomic E-state index is 12.5. The Bertz CT molecular complexity index is 803. The second kappa shape index (κ2) is 7.46. The maximum Gasteiger partial charge on any atom is 0.227 e. The molecule has 4 nitrogen and oxygen atoms in total. The molecule has 130 valence electrons. The highest BCUT2D eigenvalue weighted by Crippen LogP contribution is 2.37. The van der Waals surface area contributed by atoms with Crippen LogP contribution in [0.15, 0.2) is 42.5 Å². The van der Waals surface area contributed by atoms with E-state index in [1.807, 2.05) is 31.2 Å². The van der Waals surface area contributed by atoms with Crippen molar-refractivity contribution in [2.75, 3.05) is 11.4 Å². The third-order valence-corrected chi connectivity index (χ3v) is 5.03. The van der Waals surface area contributed by atoms with Gasteiger partial charge in [-0.15, -0.1) is 0 Å². The number of nitrogens with one attached hydrogen (secondary N) is 1. The van der Waals surface area contributed by atoms with Crippen molar-refractivity contribution in [1.82, 2.24) is 5.32 Å². The Hall–Kier alpha value is -2.04. The fraction of sp³-hybridized carbons (Fsp3) is 0.263. The Balaban J connectivity index is 1.68. The van der Waals surface area contributed by atoms with Crippen molar-refractivity contribution in [3.63, 3.8) is 0 Å². The molecule has 0 saturated carbocycles. The zero-order valence-electron chi connectivity index (χ0n) is 13.8. The lowest BCUT2D eigenvalue weighted by molar-refractivity contribution is -0.126. The average Bonchev–Trinajstić information content (AvgIpc) is 2.95. The van der Waals surface area contributed by atoms with Crippen molar-refractivity contribution in [3.05, 3.63) is 63.6 Å². The van der Waals surface area contributed by atoms with Crippen molar-refractivity contribution < 1.29 is 9.59 Å². The quantitative estimate of drug-likeness (QED) is 0.877. The molecule has 25 heavy (non-hydrogen) atoms. The molecule has 2 amide bonds. The molecule has 1 atom stereocenters. The summed E-state index contributed by atoms with van der Waals surface area (Å²) in [6, 6.07) is 13.0. The number of carbonyl (C=O) groups is 2. The van der Waals surface area contributed by atoms with Gasteiger partial charge in [0.05, 0.1) is 21.7 Å². The molecule has 6 heteroatoms. The number of hydrogen-bond donors (Lipinski definition) is 1. The van der Waals surface area contributed by atoms with Gasteiger partial charge in [-0.1, -0.05) is 53.5 Å². The first kappa shape index (κ1) is 17.8. The monoisotopic (exact) mass is 376 g/mol. The second-order valence-corrected chi connectivity index (χ2v) is 6.93. The fourth-order valence-corrected chi connectivity index (χ4v) is 3.58. The van der Waals surface area contributed by atoms with Gasteiger partial charge in [0.25, 0.3) is 0 Å². The molecule has 1 aliphatic heterocycles. The van der Waals surface area contributed by atoms with E-state index in [0.717, 1.165) is 11.1 Å². The largest absolute Gasteiger partial charge is 0.352 e. The topological polar surface area (TPSA) is 49.4 Å². The summed E-state index contributed by atoms with van der Waals surface area (Å²) in [6.45, 7) is 2.73. The number of anilines is 1. The van der Waals surface area contributed by atoms with E-state index in [2.05, 4.69) is 5.32 Å². The number of amides is 2. The van der Waals surface area contributed by atoms with Gasteiger partial charge in [-0.25, -0.2) is 0 Å². The van der Waals surface area contributed by atoms with Crippen molar-refractivity contribution in [2.24, 2.45) is 5.92 Å². The molecule has 0 aliphatic carbocycles. The first-order chi connectivity index (χ1) is 12.0. The minimum atomic E-state index is -0.413. The van der Waals surface area contributed by atoms with E-state index in [9.17, 15) is 9.59 Å². The average molecular weight is 377 g/mol. The minimum Gasteiger partial charge on any atom is -0.352 e. The normalized spacial score (nSPS) is 17.0. The number of aryl methyl sites for hydroxylation is 1. The number of carbonyl (C=O) groups excluding carboxylic acids is 2. The lowest BCUT2D eigenvalue weighted by Gasteiger charge is -2.19. The van der Waals surface area contributed by atoms with Gasteiger partial charge < -0.3 is 10.2 Å². The molecule has 3 rings (SSSR count). The van der Waals surface area contributed by atoms with E-state index >= 15 is 0 Å². The smallest absolute Gasteiger partial charge is 0.227 e. The number of halogens is 2. The number of nitrogens with zero attached hydrogens (tertiary/aromatic N) is 1. The van der Waals surface area contributed by atoms with Crippen LogP contribution in [0, 0.1) is 12.8 Å². The predicted molar refractivity (Wildman–Crippen MR) is 99.9 cm³/mol. The molecule has 0 spiro atoms. The van der Waals surface area contributed by atoms with Gasteiger partial charge >= 0.3 is 0 Å². The van der Waals surface area contributed by atoms with Gasteiger partial charge in [0.15, 0.2) is 0 Å². The SMILES string of the molecule is Cc1ccccc1CNC(=O)C1CC(=O)N(c2c(Cl)cccc2Cl)C1. The van der Waals surface area contributed by atoms with E-state index in [0.29, 0.717) is 22.3 Å². The van der Waals surface area contributed by atoms with Crippen LogP contribution in [-0.4, -0.2) is 18.4 Å². The van der Waals surface area contributed by atoms with Crippen LogP contribution in [0.25, 0.3) is 0 Å². The van der Waals surface area contributed by atoms with Crippen LogP contribution in [0.1, 0.15) is 17.5 Å². The third-order valence-electron chi connectivity index (χ3n) is 4.42. The standard InChI is InChI=1S/C19H18Cl2N2O2/c1-12-5-2-3-6-13(12)10-22-19(25)14-9-17(24)23(11-14)18-15(20)7-4-8-16(18)21/h2-8,14H,9-11H2,1H3,(H,22,25). The molecule has 1 unspecified atom stereocenters. The van der Waals surface area contributed by atoms with Crippen LogP contribution in [-0.2, 0) is 16.1 Å². The van der Waals surface area contributed by atoms with Gasteiger partial charge in [-0.2, -0.15) is 0 Å². The van der Waals surface area contributed by atoms with Gasteiger partial charge in [-0.3, -0.25) is 9.59 Å². The lowest BCUT2D eigenvalue weighted by Crippen LogP contribution is -2.32. The Kier molecular flexibility index (Phi) is 5.30. The van der Waals surface area contributed by atoms with Crippen LogP contribution in [0.2, 0.25) is 10.0 Å². The van der Waals surface area contributed by atoms with Gasteiger partial charge in [-0.05, 0) is 30.2 Å². The van der Waals surface area contributed by atoms with E-state index < -0.39 is 5.92 Å². The highest BCUT2D eigenvalue weighted by atomic mass is 35.5. The Morgan fingerprint density at radius 1 is 1.16 bits per heavy atom. The molecule has 1 saturated heterocycles. The summed E-state index contributed by atoms with van der Waals surface area (Å²) in [5, 5.41) is 3.73. The minimum absolute atomic E-state index is 0.137. The van der Waals surface area contributed by atoms with Crippen LogP contribution < -0.4 is 10.2 Å². The summed E-state index contributed by atoms with van der Waals surface area (Å²) in [5.74, 6) is -0.697. The van der Waals surface area contributed by atoms with E-state index in [1.165, 1.54) is 4.90 Å². The summed E-state index contributed by atoms with van der Waals surface area (Å²) < 4.78 is 0. The predicted octanol–water partition coefficient (Wildman–Crippen LogP) is 3.97. The third kappa shape index (κ3) is 3.80. The fourth-order valence-electron chi connectivity index (χ4n) is 2.98. The summed E-state index contributed by atoms with van der Waals surface area (Å²) in [5.41, 5.74) is 2.66. The Morgan fingerprint density at radius 3 is 2.52 bits per heavy atom. The van der Waals surface area contributed by atoms with Crippen LogP contribution in [0.4, 0.5) is 5.69 Å². The van der Waals surface area contributed by atoms with Gasteiger partial charge in [0, 0.05) is 19.5 Å². The lowest BCUT2D eigenvalue weighted by atomic mass is 10.1. The molecule has 1 fully saturated rings. The molecule has 1 N–H and O–H groups in total. The first-order valence-electron chi connectivity index (χ1n) is 8.04. The first-order valence-corrected chi connectivity index (χ1v) is 8.79. The summed E-state index contributed by atoms with van der Waals surface area (Å²) in [6.07, 6.45) is 0.154. The van der Waals surface area contributed by atoms with Crippen molar-refractivity contribution in [3.8, 4) is 0 Å². The molecular weight excluding hydrogens is 359 g/mol. The summed E-state index contributed by atoms with van der Waals surface area (Å²) >= 11 is 12.4. The summed E-state index contributed by atoms with van der Waals surface area (Å²) in [4.78, 5) is 26.3. The van der Waals surface area contributed by atoms with E-state index in [-0.39, 0.29) is 24.8 Å². The number of para-hydroxylation sites is 1. The molecule has 0 bridgehead atoms. The number of hydrogen-bond acceptors (Lipinski definition) is 2. The zero-order chi connectivity index (χ0) is 18.0. The van der Waals surface area contributed by atoms with Crippen LogP contribution in [0.3, 0.4) is 0 Å². The number of benzene rings is 2. The molecular formula is C19H18Cl2N2O2. The van der Waals surface area contributed by atoms with Crippen molar-refractivity contribution in [2.45, 2.75) is 19.9 Å². The van der Waals surface area contributed by atoms with E-state index in [4.69, 9.17) is 23.2 Å². The second-order valence-electron chi connectivity index (χ2n) is 6.12. The molecule has 0 aromatic heterocycles. The van der Waals surface area contributed by atoms with Crippen LogP contribution >= 0.6 is 23.2 Å². The highest BCUT2D eigenvalue weighted by molar-refractivity contribution is 6.40. The van der Waals surface area contributed by atoms with Crippen LogP contribution in [0.5, 0.6) is 0 Å². The van der Waals surface area contributed by atoms with E-state index in [1.54, 1.807) is 18.2 Å². The molecule has 2 aromatic rings. The molecule has 1 aliphatic rings.